The molecule has 0 bridgehead atoms. The van der Waals surface area contributed by atoms with Crippen molar-refractivity contribution in [3.63, 3.8) is 0 Å². The van der Waals surface area contributed by atoms with Crippen LogP contribution in [-0.2, 0) is 27.1 Å². The number of nitrogens with zero attached hydrogens (tertiary/aromatic N) is 6. The first-order chi connectivity index (χ1) is 14.5. The van der Waals surface area contributed by atoms with Gasteiger partial charge in [-0.3, -0.25) is 4.68 Å². The average Bonchev–Trinajstić information content (AvgIpc) is 3.32. The molecule has 2 aromatic carbocycles. The fourth-order valence-electron chi connectivity index (χ4n) is 3.41. The van der Waals surface area contributed by atoms with E-state index in [1.165, 1.54) is 9.36 Å². The third-order valence-corrected chi connectivity index (χ3v) is 5.16. The molecule has 30 heavy (non-hydrogen) atoms. The molecule has 4 rings (SSSR count). The Bertz CT molecular complexity index is 1250. The lowest BCUT2D eigenvalue weighted by Crippen LogP contribution is -2.23. The highest BCUT2D eigenvalue weighted by molar-refractivity contribution is 5.61. The van der Waals surface area contributed by atoms with Crippen molar-refractivity contribution in [1.82, 2.24) is 29.6 Å². The highest BCUT2D eigenvalue weighted by Crippen LogP contribution is 2.28. The van der Waals surface area contributed by atoms with Gasteiger partial charge >= 0.3 is 5.69 Å². The summed E-state index contributed by atoms with van der Waals surface area (Å²) in [4.78, 5) is 12.3. The van der Waals surface area contributed by atoms with Crippen LogP contribution in [0, 0.1) is 6.92 Å². The van der Waals surface area contributed by atoms with Gasteiger partial charge in [-0.15, -0.1) is 0 Å². The van der Waals surface area contributed by atoms with Gasteiger partial charge in [-0.05, 0) is 65.2 Å². The second-order valence-corrected chi connectivity index (χ2v) is 7.21. The van der Waals surface area contributed by atoms with Gasteiger partial charge in [0.25, 0.3) is 0 Å². The highest BCUT2D eigenvalue weighted by atomic mass is 16.5. The second-order valence-electron chi connectivity index (χ2n) is 7.21. The molecule has 0 radical (unpaired) electrons. The first-order valence-electron chi connectivity index (χ1n) is 9.81. The molecule has 2 heterocycles. The van der Waals surface area contributed by atoms with Gasteiger partial charge in [0.15, 0.2) is 0 Å². The number of hydrogen-bond donors (Lipinski definition) is 0. The maximum Gasteiger partial charge on any atom is 0.368 e. The highest BCUT2D eigenvalue weighted by Gasteiger charge is 2.14. The first-order valence-corrected chi connectivity index (χ1v) is 9.81. The minimum Gasteiger partial charge on any atom is -0.489 e. The summed E-state index contributed by atoms with van der Waals surface area (Å²) in [5.74, 6) is 0.817. The van der Waals surface area contributed by atoms with E-state index in [0.717, 1.165) is 40.1 Å². The third-order valence-electron chi connectivity index (χ3n) is 5.16. The Morgan fingerprint density at radius 2 is 1.90 bits per heavy atom. The monoisotopic (exact) mass is 404 g/mol. The standard InChI is InChI=1S/C22H24N6O2/c1-5-16-13-17(19-11-12-26(3)23-19)9-10-21(16)30-14-18-15(2)7-6-8-20(18)28-22(29)27(4)24-25-28/h6-13H,5,14H2,1-4H3. The second kappa shape index (κ2) is 7.98. The van der Waals surface area contributed by atoms with E-state index in [1.807, 2.05) is 56.6 Å². The summed E-state index contributed by atoms with van der Waals surface area (Å²) in [6, 6.07) is 13.9. The molecular formula is C22H24N6O2. The van der Waals surface area contributed by atoms with Crippen molar-refractivity contribution in [2.75, 3.05) is 0 Å². The summed E-state index contributed by atoms with van der Waals surface area (Å²) in [7, 11) is 3.48. The predicted octanol–water partition coefficient (Wildman–Crippen LogP) is 2.82. The summed E-state index contributed by atoms with van der Waals surface area (Å²) in [5.41, 5.74) is 5.39. The molecule has 0 atom stereocenters. The molecule has 154 valence electrons. The van der Waals surface area contributed by atoms with Crippen LogP contribution in [0.15, 0.2) is 53.5 Å². The van der Waals surface area contributed by atoms with Gasteiger partial charge < -0.3 is 4.74 Å². The van der Waals surface area contributed by atoms with Crippen molar-refractivity contribution in [3.8, 4) is 22.7 Å². The minimum absolute atomic E-state index is 0.296. The Hall–Kier alpha value is -3.68. The van der Waals surface area contributed by atoms with E-state index in [4.69, 9.17) is 4.74 Å². The lowest BCUT2D eigenvalue weighted by Gasteiger charge is -2.15. The van der Waals surface area contributed by atoms with E-state index in [1.54, 1.807) is 11.7 Å². The maximum atomic E-state index is 12.3. The van der Waals surface area contributed by atoms with Crippen LogP contribution in [0.1, 0.15) is 23.6 Å². The number of ether oxygens (including phenoxy) is 1. The number of hydrogen-bond acceptors (Lipinski definition) is 5. The van der Waals surface area contributed by atoms with Crippen LogP contribution in [0.3, 0.4) is 0 Å². The van der Waals surface area contributed by atoms with Crippen molar-refractivity contribution < 1.29 is 4.74 Å². The molecule has 0 N–H and O–H groups in total. The number of aromatic nitrogens is 6. The molecule has 2 aromatic heterocycles. The van der Waals surface area contributed by atoms with Crippen molar-refractivity contribution in [2.45, 2.75) is 26.9 Å². The van der Waals surface area contributed by atoms with Gasteiger partial charge in [-0.2, -0.15) is 14.5 Å². The summed E-state index contributed by atoms with van der Waals surface area (Å²) in [6.07, 6.45) is 2.76. The quantitative estimate of drug-likeness (QED) is 0.494. The lowest BCUT2D eigenvalue weighted by atomic mass is 10.0. The summed E-state index contributed by atoms with van der Waals surface area (Å²) in [6.45, 7) is 4.41. The molecule has 4 aromatic rings. The molecule has 8 nitrogen and oxygen atoms in total. The van der Waals surface area contributed by atoms with Crippen molar-refractivity contribution >= 4 is 0 Å². The number of rotatable bonds is 6. The number of benzene rings is 2. The first kappa shape index (κ1) is 19.6. The Morgan fingerprint density at radius 1 is 1.07 bits per heavy atom. The van der Waals surface area contributed by atoms with E-state index < -0.39 is 0 Å². The largest absolute Gasteiger partial charge is 0.489 e. The molecule has 0 fully saturated rings. The van der Waals surface area contributed by atoms with Gasteiger partial charge in [0, 0.05) is 31.4 Å². The van der Waals surface area contributed by atoms with Crippen molar-refractivity contribution in [3.05, 3.63) is 75.8 Å². The van der Waals surface area contributed by atoms with Gasteiger partial charge in [0.2, 0.25) is 0 Å². The Labute approximate surface area is 174 Å². The zero-order valence-corrected chi connectivity index (χ0v) is 17.5. The average molecular weight is 404 g/mol. The number of aryl methyl sites for hydroxylation is 4. The van der Waals surface area contributed by atoms with Gasteiger partial charge in [-0.25, -0.2) is 4.79 Å². The Kier molecular flexibility index (Phi) is 5.22. The number of tetrazole rings is 1. The van der Waals surface area contributed by atoms with E-state index >= 15 is 0 Å². The molecule has 0 amide bonds. The van der Waals surface area contributed by atoms with E-state index in [0.29, 0.717) is 12.3 Å². The topological polar surface area (TPSA) is 79.8 Å². The Morgan fingerprint density at radius 3 is 2.57 bits per heavy atom. The summed E-state index contributed by atoms with van der Waals surface area (Å²) >= 11 is 0. The van der Waals surface area contributed by atoms with Crippen LogP contribution in [0.5, 0.6) is 5.75 Å². The molecule has 8 heteroatoms. The lowest BCUT2D eigenvalue weighted by molar-refractivity contribution is 0.302. The maximum absolute atomic E-state index is 12.3. The van der Waals surface area contributed by atoms with E-state index in [-0.39, 0.29) is 5.69 Å². The van der Waals surface area contributed by atoms with Gasteiger partial charge in [0.05, 0.1) is 11.4 Å². The molecule has 0 saturated heterocycles. The fourth-order valence-corrected chi connectivity index (χ4v) is 3.41. The van der Waals surface area contributed by atoms with E-state index in [2.05, 4.69) is 28.5 Å². The molecule has 0 saturated carbocycles. The van der Waals surface area contributed by atoms with Gasteiger partial charge in [0.1, 0.15) is 12.4 Å². The van der Waals surface area contributed by atoms with Crippen LogP contribution in [-0.4, -0.2) is 29.6 Å². The van der Waals surface area contributed by atoms with Crippen LogP contribution in [0.25, 0.3) is 16.9 Å². The SMILES string of the molecule is CCc1cc(-c2ccn(C)n2)ccc1OCc1c(C)cccc1-n1nnn(C)c1=O. The molecule has 0 aliphatic carbocycles. The smallest absolute Gasteiger partial charge is 0.368 e. The molecular weight excluding hydrogens is 380 g/mol. The van der Waals surface area contributed by atoms with E-state index in [9.17, 15) is 4.79 Å². The summed E-state index contributed by atoms with van der Waals surface area (Å²) < 4.78 is 10.5. The molecule has 0 unspecified atom stereocenters. The van der Waals surface area contributed by atoms with Crippen molar-refractivity contribution in [1.29, 1.82) is 0 Å². The van der Waals surface area contributed by atoms with Crippen LogP contribution < -0.4 is 10.4 Å². The Balaban J connectivity index is 1.64. The van der Waals surface area contributed by atoms with Crippen LogP contribution >= 0.6 is 0 Å². The molecule has 0 aliphatic rings. The van der Waals surface area contributed by atoms with Crippen LogP contribution in [0.2, 0.25) is 0 Å². The molecule has 0 aliphatic heterocycles. The van der Waals surface area contributed by atoms with Gasteiger partial charge in [-0.1, -0.05) is 19.1 Å². The zero-order valence-electron chi connectivity index (χ0n) is 17.5. The summed E-state index contributed by atoms with van der Waals surface area (Å²) in [5, 5.41) is 12.3. The fraction of sp³-hybridized carbons (Fsp3) is 0.273. The predicted molar refractivity (Wildman–Crippen MR) is 114 cm³/mol. The van der Waals surface area contributed by atoms with Crippen LogP contribution in [0.4, 0.5) is 0 Å². The zero-order chi connectivity index (χ0) is 21.3. The molecule has 0 spiro atoms. The third kappa shape index (κ3) is 3.63. The van der Waals surface area contributed by atoms with Crippen molar-refractivity contribution in [2.24, 2.45) is 14.1 Å². The minimum atomic E-state index is -0.296. The normalized spacial score (nSPS) is 11.1.